The molecule has 0 spiro atoms. The fourth-order valence-electron chi connectivity index (χ4n) is 5.34. The number of aryl methyl sites for hydroxylation is 1. The molecular weight excluding hydrogens is 623 g/mol. The molecule has 4 N–H and O–H groups in total. The maximum Gasteiger partial charge on any atom is 0.433 e. The first kappa shape index (κ1) is 35.1. The van der Waals surface area contributed by atoms with E-state index in [1.807, 2.05) is 0 Å². The van der Waals surface area contributed by atoms with Crippen molar-refractivity contribution in [3.8, 4) is 5.75 Å². The maximum atomic E-state index is 13.5. The molecule has 2 aromatic rings. The summed E-state index contributed by atoms with van der Waals surface area (Å²) in [5, 5.41) is 10.4. The summed E-state index contributed by atoms with van der Waals surface area (Å²) in [5.74, 6) is -3.19. The predicted molar refractivity (Wildman–Crippen MR) is 160 cm³/mol. The van der Waals surface area contributed by atoms with Crippen LogP contribution < -0.4 is 26.0 Å². The minimum Gasteiger partial charge on any atom is -0.484 e. The standard InChI is InChI=1S/C31H38F3N7O6/c1-16(2)26-30(46)41-11-5-6-22(41)29(45)37-18(4)27(43)38-21(13-19-7-9-20(10-8-19)47-15-25(42)40-26)28(44)35-14-24-36-17(3)12-23(39-24)31(32,33)34/h7-10,12,16,18,21-22,26H,5-6,11,13-15H2,1-4H3,(H,35,44)(H,37,45)(H,38,43)(H,40,42)/t18-,21-,22+,26-/m0/s1. The molecule has 16 heteroatoms. The zero-order valence-corrected chi connectivity index (χ0v) is 26.4. The van der Waals surface area contributed by atoms with Crippen molar-refractivity contribution < 1.29 is 41.9 Å². The van der Waals surface area contributed by atoms with Crippen LogP contribution in [0.1, 0.15) is 56.4 Å². The van der Waals surface area contributed by atoms with Gasteiger partial charge in [-0.15, -0.1) is 0 Å². The summed E-state index contributed by atoms with van der Waals surface area (Å²) in [4.78, 5) is 75.0. The van der Waals surface area contributed by atoms with Crippen LogP contribution in [0.4, 0.5) is 13.2 Å². The second-order valence-electron chi connectivity index (χ2n) is 11.9. The van der Waals surface area contributed by atoms with Crippen molar-refractivity contribution in [2.24, 2.45) is 5.92 Å². The van der Waals surface area contributed by atoms with Crippen molar-refractivity contribution in [3.05, 3.63) is 53.1 Å². The van der Waals surface area contributed by atoms with Crippen molar-refractivity contribution in [1.29, 1.82) is 0 Å². The smallest absolute Gasteiger partial charge is 0.433 e. The molecule has 4 atom stereocenters. The molecule has 0 radical (unpaired) electrons. The number of rotatable bonds is 4. The predicted octanol–water partition coefficient (Wildman–Crippen LogP) is 1.18. The lowest BCUT2D eigenvalue weighted by atomic mass is 10.0. The first-order valence-electron chi connectivity index (χ1n) is 15.2. The van der Waals surface area contributed by atoms with E-state index in [0.29, 0.717) is 24.2 Å². The Kier molecular flexibility index (Phi) is 11.0. The number of hydrogen-bond acceptors (Lipinski definition) is 8. The Morgan fingerprint density at radius 2 is 1.77 bits per heavy atom. The molecule has 0 saturated carbocycles. The first-order chi connectivity index (χ1) is 22.1. The molecule has 0 unspecified atom stereocenters. The minimum atomic E-state index is -4.71. The van der Waals surface area contributed by atoms with Crippen molar-refractivity contribution in [2.45, 2.75) is 83.8 Å². The number of ether oxygens (including phenoxy) is 1. The van der Waals surface area contributed by atoms with Crippen LogP contribution in [0.3, 0.4) is 0 Å². The second-order valence-corrected chi connectivity index (χ2v) is 11.9. The first-order valence-corrected chi connectivity index (χ1v) is 15.2. The van der Waals surface area contributed by atoms with Gasteiger partial charge in [-0.25, -0.2) is 9.97 Å². The van der Waals surface area contributed by atoms with Crippen LogP contribution in [-0.4, -0.2) is 81.7 Å². The van der Waals surface area contributed by atoms with Gasteiger partial charge in [-0.3, -0.25) is 24.0 Å². The molecule has 4 heterocycles. The fourth-order valence-corrected chi connectivity index (χ4v) is 5.34. The third kappa shape index (κ3) is 9.16. The quantitative estimate of drug-likeness (QED) is 0.378. The Labute approximate surface area is 269 Å². The van der Waals surface area contributed by atoms with Gasteiger partial charge in [-0.05, 0) is 56.4 Å². The summed E-state index contributed by atoms with van der Waals surface area (Å²) in [7, 11) is 0. The zero-order chi connectivity index (χ0) is 34.5. The highest BCUT2D eigenvalue weighted by atomic mass is 19.4. The molecule has 3 aliphatic heterocycles. The fraction of sp³-hybridized carbons (Fsp3) is 0.516. The summed E-state index contributed by atoms with van der Waals surface area (Å²) in [5.41, 5.74) is -0.514. The van der Waals surface area contributed by atoms with E-state index in [1.54, 1.807) is 38.1 Å². The third-order valence-corrected chi connectivity index (χ3v) is 7.82. The average molecular weight is 662 g/mol. The number of amides is 5. The van der Waals surface area contributed by atoms with Crippen LogP contribution >= 0.6 is 0 Å². The molecular formula is C31H38F3N7O6. The molecule has 13 nitrogen and oxygen atoms in total. The van der Waals surface area contributed by atoms with Crippen molar-refractivity contribution in [3.63, 3.8) is 0 Å². The average Bonchev–Trinajstić information content (AvgIpc) is 3.50. The number of alkyl halides is 3. The van der Waals surface area contributed by atoms with Gasteiger partial charge in [0.05, 0.1) is 6.54 Å². The van der Waals surface area contributed by atoms with Crippen molar-refractivity contribution in [1.82, 2.24) is 36.1 Å². The van der Waals surface area contributed by atoms with Gasteiger partial charge in [0.15, 0.2) is 6.61 Å². The van der Waals surface area contributed by atoms with Crippen LogP contribution in [0.25, 0.3) is 0 Å². The van der Waals surface area contributed by atoms with Gasteiger partial charge in [0.1, 0.15) is 41.4 Å². The third-order valence-electron chi connectivity index (χ3n) is 7.82. The summed E-state index contributed by atoms with van der Waals surface area (Å²) in [6, 6.07) is 3.03. The Morgan fingerprint density at radius 3 is 2.43 bits per heavy atom. The molecule has 2 bridgehead atoms. The maximum absolute atomic E-state index is 13.5. The number of nitrogens with one attached hydrogen (secondary N) is 4. The topological polar surface area (TPSA) is 172 Å². The largest absolute Gasteiger partial charge is 0.484 e. The summed E-state index contributed by atoms with van der Waals surface area (Å²) >= 11 is 0. The number of nitrogens with zero attached hydrogens (tertiary/aromatic N) is 3. The van der Waals surface area contributed by atoms with E-state index in [0.717, 1.165) is 6.07 Å². The highest BCUT2D eigenvalue weighted by Gasteiger charge is 2.39. The lowest BCUT2D eigenvalue weighted by Crippen LogP contribution is -2.58. The Hall–Kier alpha value is -4.76. The van der Waals surface area contributed by atoms with Crippen molar-refractivity contribution in [2.75, 3.05) is 13.2 Å². The normalized spacial score (nSPS) is 23.1. The SMILES string of the molecule is Cc1cc(C(F)(F)F)nc(CNC(=O)[C@@H]2Cc3ccc(cc3)OCC(=O)N[C@@H](C(C)C)C(=O)N3CCC[C@@H]3C(=O)N[C@@H](C)C(=O)N2)n1. The van der Waals surface area contributed by atoms with E-state index in [4.69, 9.17) is 4.74 Å². The molecule has 47 heavy (non-hydrogen) atoms. The van der Waals surface area contributed by atoms with E-state index in [9.17, 15) is 37.1 Å². The highest BCUT2D eigenvalue weighted by molar-refractivity contribution is 5.96. The number of halogens is 3. The van der Waals surface area contributed by atoms with E-state index in [2.05, 4.69) is 31.2 Å². The minimum absolute atomic E-state index is 0.0392. The van der Waals surface area contributed by atoms with E-state index >= 15 is 0 Å². The molecule has 1 saturated heterocycles. The molecule has 1 aromatic heterocycles. The molecule has 3 aliphatic rings. The number of hydrogen-bond donors (Lipinski definition) is 4. The van der Waals surface area contributed by atoms with Gasteiger partial charge in [0.25, 0.3) is 5.91 Å². The van der Waals surface area contributed by atoms with Crippen LogP contribution in [-0.2, 0) is 43.1 Å². The number of carbonyl (C=O) groups excluding carboxylic acids is 5. The molecule has 5 rings (SSSR count). The number of aromatic nitrogens is 2. The Bertz CT molecular complexity index is 1500. The summed E-state index contributed by atoms with van der Waals surface area (Å²) < 4.78 is 45.4. The number of carbonyl (C=O) groups is 5. The lowest BCUT2D eigenvalue weighted by Gasteiger charge is -2.31. The van der Waals surface area contributed by atoms with Crippen LogP contribution in [0.5, 0.6) is 5.75 Å². The molecule has 5 amide bonds. The summed E-state index contributed by atoms with van der Waals surface area (Å²) in [6.07, 6.45) is -3.86. The molecule has 1 fully saturated rings. The second kappa shape index (κ2) is 14.8. The summed E-state index contributed by atoms with van der Waals surface area (Å²) in [6.45, 7) is 5.81. The van der Waals surface area contributed by atoms with E-state index < -0.39 is 72.1 Å². The van der Waals surface area contributed by atoms with Crippen molar-refractivity contribution >= 4 is 29.5 Å². The van der Waals surface area contributed by atoms with Gasteiger partial charge in [-0.1, -0.05) is 26.0 Å². The highest BCUT2D eigenvalue weighted by Crippen LogP contribution is 2.28. The molecule has 0 aliphatic carbocycles. The monoisotopic (exact) mass is 661 g/mol. The van der Waals surface area contributed by atoms with Gasteiger partial charge in [-0.2, -0.15) is 13.2 Å². The molecule has 1 aromatic carbocycles. The van der Waals surface area contributed by atoms with Crippen LogP contribution in [0.15, 0.2) is 30.3 Å². The Balaban J connectivity index is 1.57. The van der Waals surface area contributed by atoms with Crippen LogP contribution in [0, 0.1) is 12.8 Å². The van der Waals surface area contributed by atoms with Gasteiger partial charge < -0.3 is 30.9 Å². The zero-order valence-electron chi connectivity index (χ0n) is 26.4. The van der Waals surface area contributed by atoms with E-state index in [-0.39, 0.29) is 37.0 Å². The number of benzene rings is 1. The number of fused-ring (bicyclic) bond motifs is 13. The van der Waals surface area contributed by atoms with Crippen LogP contribution in [0.2, 0.25) is 0 Å². The van der Waals surface area contributed by atoms with Gasteiger partial charge in [0, 0.05) is 18.7 Å². The Morgan fingerprint density at radius 1 is 1.06 bits per heavy atom. The lowest BCUT2D eigenvalue weighted by molar-refractivity contribution is -0.143. The van der Waals surface area contributed by atoms with Gasteiger partial charge >= 0.3 is 6.18 Å². The van der Waals surface area contributed by atoms with Gasteiger partial charge in [0.2, 0.25) is 23.6 Å². The molecule has 254 valence electrons. The van der Waals surface area contributed by atoms with E-state index in [1.165, 1.54) is 18.7 Å².